The van der Waals surface area contributed by atoms with Crippen molar-refractivity contribution in [2.45, 2.75) is 33.2 Å². The molecule has 1 aromatic rings. The maximum Gasteiger partial charge on any atom is 0.323 e. The summed E-state index contributed by atoms with van der Waals surface area (Å²) in [5, 5.41) is 0. The third kappa shape index (κ3) is 5.51. The van der Waals surface area contributed by atoms with Gasteiger partial charge in [-0.15, -0.1) is 0 Å². The van der Waals surface area contributed by atoms with Crippen molar-refractivity contribution in [3.8, 4) is 0 Å². The molecule has 3 heteroatoms. The Kier molecular flexibility index (Phi) is 8.17. The second-order valence-corrected chi connectivity index (χ2v) is 3.05. The highest BCUT2D eigenvalue weighted by Crippen LogP contribution is 2.02. The molecule has 2 N–H and O–H groups in total. The summed E-state index contributed by atoms with van der Waals surface area (Å²) in [6.45, 7) is 6.15. The molecule has 0 spiro atoms. The van der Waals surface area contributed by atoms with E-state index in [2.05, 4.69) is 0 Å². The lowest BCUT2D eigenvalue weighted by molar-refractivity contribution is -0.144. The van der Waals surface area contributed by atoms with E-state index in [-0.39, 0.29) is 5.97 Å². The molecule has 0 aliphatic heterocycles. The van der Waals surface area contributed by atoms with Crippen molar-refractivity contribution >= 4 is 5.97 Å². The van der Waals surface area contributed by atoms with Crippen molar-refractivity contribution in [3.05, 3.63) is 35.9 Å². The average Bonchev–Trinajstić information content (AvgIpc) is 2.33. The third-order valence-corrected chi connectivity index (χ3v) is 1.89. The molecule has 0 aliphatic carbocycles. The quantitative estimate of drug-likeness (QED) is 0.796. The molecule has 3 nitrogen and oxygen atoms in total. The number of benzene rings is 1. The molecule has 16 heavy (non-hydrogen) atoms. The second-order valence-electron chi connectivity index (χ2n) is 3.05. The van der Waals surface area contributed by atoms with Crippen molar-refractivity contribution in [1.82, 2.24) is 0 Å². The van der Waals surface area contributed by atoms with Gasteiger partial charge in [0.2, 0.25) is 0 Å². The van der Waals surface area contributed by atoms with Crippen LogP contribution in [0.3, 0.4) is 0 Å². The molecule has 0 radical (unpaired) electrons. The van der Waals surface area contributed by atoms with E-state index in [0.29, 0.717) is 13.0 Å². The molecule has 0 fully saturated rings. The van der Waals surface area contributed by atoms with Crippen LogP contribution in [-0.2, 0) is 16.0 Å². The second kappa shape index (κ2) is 8.92. The van der Waals surface area contributed by atoms with Gasteiger partial charge in [0.25, 0.3) is 0 Å². The molecule has 0 saturated carbocycles. The molecule has 0 heterocycles. The van der Waals surface area contributed by atoms with Crippen molar-refractivity contribution < 1.29 is 9.53 Å². The largest absolute Gasteiger partial charge is 0.465 e. The molecule has 1 atom stereocenters. The van der Waals surface area contributed by atoms with Crippen LogP contribution in [0.25, 0.3) is 0 Å². The average molecular weight is 223 g/mol. The fourth-order valence-electron chi connectivity index (χ4n) is 1.20. The maximum atomic E-state index is 11.2. The molecular weight excluding hydrogens is 202 g/mol. The van der Waals surface area contributed by atoms with Crippen molar-refractivity contribution in [2.24, 2.45) is 5.73 Å². The van der Waals surface area contributed by atoms with Crippen LogP contribution >= 0.6 is 0 Å². The minimum absolute atomic E-state index is 0.337. The van der Waals surface area contributed by atoms with Crippen molar-refractivity contribution in [1.29, 1.82) is 0 Å². The number of carbonyl (C=O) groups excluding carboxylic acids is 1. The van der Waals surface area contributed by atoms with E-state index < -0.39 is 6.04 Å². The van der Waals surface area contributed by atoms with Gasteiger partial charge in [-0.1, -0.05) is 44.2 Å². The molecule has 0 amide bonds. The Morgan fingerprint density at radius 2 is 1.88 bits per heavy atom. The van der Waals surface area contributed by atoms with Crippen LogP contribution in [0.15, 0.2) is 30.3 Å². The molecule has 0 bridgehead atoms. The number of nitrogens with two attached hydrogens (primary N) is 1. The van der Waals surface area contributed by atoms with Crippen molar-refractivity contribution in [2.75, 3.05) is 6.61 Å². The Morgan fingerprint density at radius 3 is 2.38 bits per heavy atom. The van der Waals surface area contributed by atoms with E-state index in [1.165, 1.54) is 0 Å². The van der Waals surface area contributed by atoms with Gasteiger partial charge in [0.1, 0.15) is 6.04 Å². The number of ether oxygens (including phenoxy) is 1. The summed E-state index contributed by atoms with van der Waals surface area (Å²) < 4.78 is 4.81. The zero-order chi connectivity index (χ0) is 12.4. The molecule has 0 saturated heterocycles. The highest BCUT2D eigenvalue weighted by molar-refractivity contribution is 5.75. The number of carbonyl (C=O) groups is 1. The summed E-state index contributed by atoms with van der Waals surface area (Å²) in [6.07, 6.45) is 0.527. The van der Waals surface area contributed by atoms with E-state index >= 15 is 0 Å². The van der Waals surface area contributed by atoms with Crippen molar-refractivity contribution in [3.63, 3.8) is 0 Å². The van der Waals surface area contributed by atoms with Gasteiger partial charge >= 0.3 is 5.97 Å². The van der Waals surface area contributed by atoms with Gasteiger partial charge in [-0.3, -0.25) is 4.79 Å². The molecule has 90 valence electrons. The summed E-state index contributed by atoms with van der Waals surface area (Å²) >= 11 is 0. The predicted octanol–water partition coefficient (Wildman–Crippen LogP) is 2.15. The summed E-state index contributed by atoms with van der Waals surface area (Å²) in [6, 6.07) is 9.11. The van der Waals surface area contributed by atoms with Gasteiger partial charge in [0.15, 0.2) is 0 Å². The first-order valence-corrected chi connectivity index (χ1v) is 5.70. The lowest BCUT2D eigenvalue weighted by Crippen LogP contribution is -2.34. The lowest BCUT2D eigenvalue weighted by atomic mass is 10.1. The lowest BCUT2D eigenvalue weighted by Gasteiger charge is -2.09. The Balaban J connectivity index is 0.00000106. The Bertz CT molecular complexity index is 285. The molecule has 0 aromatic heterocycles. The monoisotopic (exact) mass is 223 g/mol. The standard InChI is InChI=1S/C11H15NO2.C2H6/c1-2-14-11(13)10(12)8-9-6-4-3-5-7-9;1-2/h3-7,10H,2,8,12H2,1H3;1-2H3/t10-;/m0./s1. The smallest absolute Gasteiger partial charge is 0.323 e. The minimum atomic E-state index is -0.558. The van der Waals surface area contributed by atoms with Crippen LogP contribution in [0, 0.1) is 0 Å². The zero-order valence-electron chi connectivity index (χ0n) is 10.3. The van der Waals surface area contributed by atoms with Crippen LogP contribution in [-0.4, -0.2) is 18.6 Å². The summed E-state index contributed by atoms with van der Waals surface area (Å²) in [5.74, 6) is -0.337. The van der Waals surface area contributed by atoms with Gasteiger partial charge in [0.05, 0.1) is 6.61 Å². The summed E-state index contributed by atoms with van der Waals surface area (Å²) in [5.41, 5.74) is 6.71. The molecule has 1 aromatic carbocycles. The van der Waals surface area contributed by atoms with E-state index in [1.54, 1.807) is 6.92 Å². The first kappa shape index (κ1) is 14.6. The summed E-state index contributed by atoms with van der Waals surface area (Å²) in [7, 11) is 0. The number of rotatable bonds is 4. The van der Waals surface area contributed by atoms with Gasteiger partial charge in [-0.2, -0.15) is 0 Å². The van der Waals surface area contributed by atoms with Gasteiger partial charge in [-0.05, 0) is 18.9 Å². The Labute approximate surface area is 97.6 Å². The minimum Gasteiger partial charge on any atom is -0.465 e. The van der Waals surface area contributed by atoms with E-state index in [1.807, 2.05) is 44.2 Å². The van der Waals surface area contributed by atoms with E-state index in [4.69, 9.17) is 10.5 Å². The fraction of sp³-hybridized carbons (Fsp3) is 0.462. The third-order valence-electron chi connectivity index (χ3n) is 1.89. The molecule has 1 rings (SSSR count). The SMILES string of the molecule is CC.CCOC(=O)[C@@H](N)Cc1ccccc1. The van der Waals surface area contributed by atoms with E-state index in [9.17, 15) is 4.79 Å². The first-order valence-electron chi connectivity index (χ1n) is 5.70. The van der Waals surface area contributed by atoms with Crippen LogP contribution in [0.4, 0.5) is 0 Å². The summed E-state index contributed by atoms with van der Waals surface area (Å²) in [4.78, 5) is 11.2. The highest BCUT2D eigenvalue weighted by atomic mass is 16.5. The molecular formula is C13H21NO2. The van der Waals surface area contributed by atoms with Crippen LogP contribution in [0.1, 0.15) is 26.3 Å². The van der Waals surface area contributed by atoms with Gasteiger partial charge in [0, 0.05) is 0 Å². The van der Waals surface area contributed by atoms with Crippen LogP contribution < -0.4 is 5.73 Å². The Morgan fingerprint density at radius 1 is 1.31 bits per heavy atom. The topological polar surface area (TPSA) is 52.3 Å². The molecule has 0 aliphatic rings. The highest BCUT2D eigenvalue weighted by Gasteiger charge is 2.14. The predicted molar refractivity (Wildman–Crippen MR) is 66.1 cm³/mol. The van der Waals surface area contributed by atoms with Gasteiger partial charge in [-0.25, -0.2) is 0 Å². The Hall–Kier alpha value is -1.35. The number of hydrogen-bond acceptors (Lipinski definition) is 3. The van der Waals surface area contributed by atoms with Gasteiger partial charge < -0.3 is 10.5 Å². The van der Waals surface area contributed by atoms with Crippen LogP contribution in [0.2, 0.25) is 0 Å². The van der Waals surface area contributed by atoms with E-state index in [0.717, 1.165) is 5.56 Å². The zero-order valence-corrected chi connectivity index (χ0v) is 10.3. The normalized spacial score (nSPS) is 11.0. The molecule has 0 unspecified atom stereocenters. The first-order chi connectivity index (χ1) is 7.74. The number of esters is 1. The maximum absolute atomic E-state index is 11.2. The van der Waals surface area contributed by atoms with Crippen LogP contribution in [0.5, 0.6) is 0 Å². The number of hydrogen-bond donors (Lipinski definition) is 1. The fourth-order valence-corrected chi connectivity index (χ4v) is 1.20.